The smallest absolute Gasteiger partial charge is 0.0118 e. The van der Waals surface area contributed by atoms with E-state index in [0.29, 0.717) is 5.41 Å². The molecule has 1 fully saturated rings. The highest BCUT2D eigenvalue weighted by Crippen LogP contribution is 2.49. The highest BCUT2D eigenvalue weighted by atomic mass is 14.9. The molecule has 0 saturated heterocycles. The minimum absolute atomic E-state index is 0.657. The van der Waals surface area contributed by atoms with E-state index in [1.54, 1.807) is 0 Å². The number of rotatable bonds is 5. The van der Waals surface area contributed by atoms with Crippen LogP contribution in [0.2, 0.25) is 0 Å². The molecule has 1 aliphatic rings. The lowest BCUT2D eigenvalue weighted by molar-refractivity contribution is 0.349. The molecule has 0 amide bonds. The Morgan fingerprint density at radius 2 is 2.09 bits per heavy atom. The monoisotopic (exact) mass is 155 g/mol. The quantitative estimate of drug-likeness (QED) is 0.643. The van der Waals surface area contributed by atoms with Crippen LogP contribution in [0.4, 0.5) is 0 Å². The van der Waals surface area contributed by atoms with Crippen LogP contribution < -0.4 is 5.32 Å². The second-order valence-corrected chi connectivity index (χ2v) is 4.14. The van der Waals surface area contributed by atoms with Gasteiger partial charge in [0.15, 0.2) is 0 Å². The van der Waals surface area contributed by atoms with Gasteiger partial charge in [-0.25, -0.2) is 0 Å². The minimum Gasteiger partial charge on any atom is -0.316 e. The first kappa shape index (κ1) is 9.05. The van der Waals surface area contributed by atoms with E-state index in [0.717, 1.165) is 6.04 Å². The van der Waals surface area contributed by atoms with Crippen molar-refractivity contribution in [3.8, 4) is 0 Å². The van der Waals surface area contributed by atoms with Gasteiger partial charge in [-0.15, -0.1) is 0 Å². The largest absolute Gasteiger partial charge is 0.316 e. The summed E-state index contributed by atoms with van der Waals surface area (Å²) < 4.78 is 0. The normalized spacial score (nSPS) is 23.2. The molecule has 0 aromatic rings. The number of unbranched alkanes of at least 4 members (excludes halogenated alkanes) is 1. The van der Waals surface area contributed by atoms with E-state index in [1.807, 2.05) is 0 Å². The zero-order valence-corrected chi connectivity index (χ0v) is 8.11. The van der Waals surface area contributed by atoms with Crippen molar-refractivity contribution in [1.29, 1.82) is 0 Å². The average molecular weight is 155 g/mol. The van der Waals surface area contributed by atoms with Crippen LogP contribution in [0.5, 0.6) is 0 Å². The van der Waals surface area contributed by atoms with E-state index in [2.05, 4.69) is 26.2 Å². The molecule has 0 aromatic heterocycles. The standard InChI is InChI=1S/C10H21N/c1-4-5-6-9(11-3)10(2)7-8-10/h9,11H,4-8H2,1-3H3. The summed E-state index contributed by atoms with van der Waals surface area (Å²) in [5, 5.41) is 3.44. The maximum absolute atomic E-state index is 3.44. The Balaban J connectivity index is 2.25. The summed E-state index contributed by atoms with van der Waals surface area (Å²) in [6.07, 6.45) is 6.93. The Kier molecular flexibility index (Phi) is 2.94. The van der Waals surface area contributed by atoms with Crippen molar-refractivity contribution in [3.63, 3.8) is 0 Å². The molecule has 1 aliphatic carbocycles. The highest BCUT2D eigenvalue weighted by molar-refractivity contribution is 4.97. The number of hydrogen-bond acceptors (Lipinski definition) is 1. The van der Waals surface area contributed by atoms with Gasteiger partial charge >= 0.3 is 0 Å². The van der Waals surface area contributed by atoms with Gasteiger partial charge in [-0.2, -0.15) is 0 Å². The van der Waals surface area contributed by atoms with Crippen LogP contribution in [0.1, 0.15) is 46.0 Å². The van der Waals surface area contributed by atoms with Crippen LogP contribution in [-0.4, -0.2) is 13.1 Å². The SMILES string of the molecule is CCCCC(NC)C1(C)CC1. The summed E-state index contributed by atoms with van der Waals surface area (Å²) >= 11 is 0. The fourth-order valence-corrected chi connectivity index (χ4v) is 1.80. The molecular weight excluding hydrogens is 134 g/mol. The number of hydrogen-bond donors (Lipinski definition) is 1. The molecule has 1 saturated carbocycles. The molecule has 66 valence electrons. The van der Waals surface area contributed by atoms with Gasteiger partial charge in [-0.3, -0.25) is 0 Å². The number of nitrogens with one attached hydrogen (secondary N) is 1. The summed E-state index contributed by atoms with van der Waals surface area (Å²) in [5.41, 5.74) is 0.657. The maximum atomic E-state index is 3.44. The van der Waals surface area contributed by atoms with E-state index in [-0.39, 0.29) is 0 Å². The Hall–Kier alpha value is -0.0400. The summed E-state index contributed by atoms with van der Waals surface area (Å²) in [4.78, 5) is 0. The third-order valence-corrected chi connectivity index (χ3v) is 3.07. The average Bonchev–Trinajstić information content (AvgIpc) is 2.71. The first-order chi connectivity index (χ1) is 5.23. The maximum Gasteiger partial charge on any atom is 0.0118 e. The third-order valence-electron chi connectivity index (χ3n) is 3.07. The second-order valence-electron chi connectivity index (χ2n) is 4.14. The molecular formula is C10H21N. The van der Waals surface area contributed by atoms with Crippen molar-refractivity contribution >= 4 is 0 Å². The van der Waals surface area contributed by atoms with Gasteiger partial charge in [0.25, 0.3) is 0 Å². The summed E-state index contributed by atoms with van der Waals surface area (Å²) in [7, 11) is 2.10. The molecule has 0 aliphatic heterocycles. The van der Waals surface area contributed by atoms with E-state index in [1.165, 1.54) is 32.1 Å². The second kappa shape index (κ2) is 3.57. The molecule has 1 rings (SSSR count). The van der Waals surface area contributed by atoms with E-state index in [9.17, 15) is 0 Å². The fraction of sp³-hybridized carbons (Fsp3) is 1.00. The van der Waals surface area contributed by atoms with Crippen LogP contribution in [0, 0.1) is 5.41 Å². The summed E-state index contributed by atoms with van der Waals surface area (Å²) in [6, 6.07) is 0.780. The van der Waals surface area contributed by atoms with Crippen molar-refractivity contribution in [2.75, 3.05) is 7.05 Å². The lowest BCUT2D eigenvalue weighted by Gasteiger charge is -2.22. The topological polar surface area (TPSA) is 12.0 Å². The minimum atomic E-state index is 0.657. The van der Waals surface area contributed by atoms with Crippen LogP contribution in [0.3, 0.4) is 0 Å². The molecule has 0 heterocycles. The van der Waals surface area contributed by atoms with E-state index >= 15 is 0 Å². The van der Waals surface area contributed by atoms with Gasteiger partial charge in [0, 0.05) is 6.04 Å². The van der Waals surface area contributed by atoms with Gasteiger partial charge in [0.1, 0.15) is 0 Å². The van der Waals surface area contributed by atoms with Crippen molar-refractivity contribution in [1.82, 2.24) is 5.32 Å². The highest BCUT2D eigenvalue weighted by Gasteiger charge is 2.43. The van der Waals surface area contributed by atoms with Crippen molar-refractivity contribution in [2.24, 2.45) is 5.41 Å². The van der Waals surface area contributed by atoms with Crippen LogP contribution in [-0.2, 0) is 0 Å². The van der Waals surface area contributed by atoms with Gasteiger partial charge in [-0.1, -0.05) is 26.7 Å². The predicted molar refractivity (Wildman–Crippen MR) is 49.7 cm³/mol. The first-order valence-electron chi connectivity index (χ1n) is 4.90. The Morgan fingerprint density at radius 1 is 1.45 bits per heavy atom. The molecule has 0 spiro atoms. The summed E-state index contributed by atoms with van der Waals surface area (Å²) in [6.45, 7) is 4.67. The van der Waals surface area contributed by atoms with Crippen LogP contribution in [0.15, 0.2) is 0 Å². The van der Waals surface area contributed by atoms with Crippen LogP contribution >= 0.6 is 0 Å². The Labute approximate surface area is 70.6 Å². The molecule has 1 N–H and O–H groups in total. The summed E-state index contributed by atoms with van der Waals surface area (Å²) in [5.74, 6) is 0. The van der Waals surface area contributed by atoms with Gasteiger partial charge < -0.3 is 5.32 Å². The lowest BCUT2D eigenvalue weighted by Crippen LogP contribution is -2.33. The predicted octanol–water partition coefficient (Wildman–Crippen LogP) is 2.56. The zero-order valence-electron chi connectivity index (χ0n) is 8.11. The Bertz CT molecular complexity index is 116. The van der Waals surface area contributed by atoms with Gasteiger partial charge in [0.05, 0.1) is 0 Å². The third kappa shape index (κ3) is 2.19. The zero-order chi connectivity index (χ0) is 8.32. The molecule has 1 heteroatoms. The van der Waals surface area contributed by atoms with Gasteiger partial charge in [-0.05, 0) is 31.7 Å². The molecule has 0 aromatic carbocycles. The van der Waals surface area contributed by atoms with E-state index < -0.39 is 0 Å². The fourth-order valence-electron chi connectivity index (χ4n) is 1.80. The molecule has 1 unspecified atom stereocenters. The van der Waals surface area contributed by atoms with Crippen LogP contribution in [0.25, 0.3) is 0 Å². The van der Waals surface area contributed by atoms with Crippen molar-refractivity contribution < 1.29 is 0 Å². The molecule has 11 heavy (non-hydrogen) atoms. The Morgan fingerprint density at radius 3 is 2.45 bits per heavy atom. The van der Waals surface area contributed by atoms with Crippen molar-refractivity contribution in [3.05, 3.63) is 0 Å². The molecule has 1 atom stereocenters. The lowest BCUT2D eigenvalue weighted by atomic mass is 9.94. The van der Waals surface area contributed by atoms with Gasteiger partial charge in [0.2, 0.25) is 0 Å². The molecule has 0 radical (unpaired) electrons. The first-order valence-corrected chi connectivity index (χ1v) is 4.90. The van der Waals surface area contributed by atoms with E-state index in [4.69, 9.17) is 0 Å². The van der Waals surface area contributed by atoms with Crippen molar-refractivity contribution in [2.45, 2.75) is 52.0 Å². The molecule has 1 nitrogen and oxygen atoms in total. The molecule has 0 bridgehead atoms.